The predicted molar refractivity (Wildman–Crippen MR) is 131 cm³/mol. The second-order valence-corrected chi connectivity index (χ2v) is 8.82. The van der Waals surface area contributed by atoms with E-state index in [0.717, 1.165) is 24.0 Å². The average Bonchev–Trinajstić information content (AvgIpc) is 3.36. The van der Waals surface area contributed by atoms with Gasteiger partial charge in [-0.05, 0) is 47.2 Å². The van der Waals surface area contributed by atoms with E-state index in [-0.39, 0.29) is 17.8 Å². The first-order valence-electron chi connectivity index (χ1n) is 11.4. The molecule has 0 spiro atoms. The molecule has 5 nitrogen and oxygen atoms in total. The monoisotopic (exact) mass is 428 g/mol. The molecule has 4 N–H and O–H groups in total. The molecule has 5 heteroatoms. The van der Waals surface area contributed by atoms with Crippen molar-refractivity contribution in [3.8, 4) is 0 Å². The van der Waals surface area contributed by atoms with Crippen molar-refractivity contribution >= 4 is 22.5 Å². The van der Waals surface area contributed by atoms with Crippen molar-refractivity contribution < 1.29 is 4.79 Å². The van der Waals surface area contributed by atoms with Gasteiger partial charge in [0.15, 0.2) is 0 Å². The molecule has 0 saturated heterocycles. The fourth-order valence-electron chi connectivity index (χ4n) is 4.61. The fourth-order valence-corrected chi connectivity index (χ4v) is 4.61. The number of likely N-dealkylation sites (N-methyl/N-ethyl adjacent to an activating group) is 1. The number of carbonyl (C=O) groups is 1. The lowest BCUT2D eigenvalue weighted by Crippen LogP contribution is -2.49. The van der Waals surface area contributed by atoms with Gasteiger partial charge < -0.3 is 16.0 Å². The highest BCUT2D eigenvalue weighted by molar-refractivity contribution is 5.94. The van der Waals surface area contributed by atoms with Crippen LogP contribution < -0.4 is 11.1 Å². The molecule has 1 saturated carbocycles. The van der Waals surface area contributed by atoms with E-state index in [1.54, 1.807) is 0 Å². The molecular formula is C27H32N4O. The summed E-state index contributed by atoms with van der Waals surface area (Å²) in [6, 6.07) is 22.4. The lowest BCUT2D eigenvalue weighted by atomic mass is 10.0. The van der Waals surface area contributed by atoms with Crippen molar-refractivity contribution in [2.45, 2.75) is 50.7 Å². The van der Waals surface area contributed by atoms with Gasteiger partial charge in [-0.15, -0.1) is 0 Å². The summed E-state index contributed by atoms with van der Waals surface area (Å²) in [4.78, 5) is 15.4. The van der Waals surface area contributed by atoms with Gasteiger partial charge in [-0.25, -0.2) is 0 Å². The summed E-state index contributed by atoms with van der Waals surface area (Å²) in [7, 11) is 1.95. The number of nitrogens with two attached hydrogens (primary N) is 1. The fraction of sp³-hybridized carbons (Fsp3) is 0.333. The molecule has 166 valence electrons. The van der Waals surface area contributed by atoms with E-state index in [9.17, 15) is 4.79 Å². The van der Waals surface area contributed by atoms with Crippen molar-refractivity contribution in [3.05, 3.63) is 83.4 Å². The van der Waals surface area contributed by atoms with Gasteiger partial charge in [-0.2, -0.15) is 0 Å². The molecule has 1 aliphatic rings. The minimum absolute atomic E-state index is 0.0552. The van der Waals surface area contributed by atoms with Gasteiger partial charge in [0.05, 0.1) is 6.04 Å². The Bertz CT molecular complexity index is 1090. The topological polar surface area (TPSA) is 82.2 Å². The van der Waals surface area contributed by atoms with Gasteiger partial charge in [0.2, 0.25) is 5.91 Å². The van der Waals surface area contributed by atoms with Crippen LogP contribution in [0.5, 0.6) is 0 Å². The highest BCUT2D eigenvalue weighted by atomic mass is 16.2. The summed E-state index contributed by atoms with van der Waals surface area (Å²) in [5, 5.41) is 13.5. The molecule has 0 unspecified atom stereocenters. The van der Waals surface area contributed by atoms with Crippen LogP contribution in [0.2, 0.25) is 0 Å². The molecule has 32 heavy (non-hydrogen) atoms. The Morgan fingerprint density at radius 3 is 2.38 bits per heavy atom. The molecule has 0 heterocycles. The van der Waals surface area contributed by atoms with Gasteiger partial charge >= 0.3 is 0 Å². The van der Waals surface area contributed by atoms with Crippen molar-refractivity contribution in [2.75, 3.05) is 7.05 Å². The molecule has 0 radical (unpaired) electrons. The van der Waals surface area contributed by atoms with Crippen LogP contribution in [0.1, 0.15) is 42.4 Å². The molecule has 3 aromatic rings. The summed E-state index contributed by atoms with van der Waals surface area (Å²) >= 11 is 0. The Balaban J connectivity index is 1.51. The molecule has 1 aliphatic carbocycles. The van der Waals surface area contributed by atoms with E-state index in [1.807, 2.05) is 48.3 Å². The van der Waals surface area contributed by atoms with Crippen LogP contribution in [0.4, 0.5) is 0 Å². The van der Waals surface area contributed by atoms with Crippen LogP contribution in [-0.2, 0) is 17.8 Å². The highest BCUT2D eigenvalue weighted by Crippen LogP contribution is 2.23. The van der Waals surface area contributed by atoms with Gasteiger partial charge in [0.25, 0.3) is 0 Å². The summed E-state index contributed by atoms with van der Waals surface area (Å²) in [6.45, 7) is 0.630. The minimum Gasteiger partial charge on any atom is -0.384 e. The summed E-state index contributed by atoms with van der Waals surface area (Å²) < 4.78 is 0. The summed E-state index contributed by atoms with van der Waals surface area (Å²) in [5.74, 6) is 0.202. The second-order valence-electron chi connectivity index (χ2n) is 8.82. The van der Waals surface area contributed by atoms with Crippen LogP contribution in [0.15, 0.2) is 66.7 Å². The van der Waals surface area contributed by atoms with Crippen molar-refractivity contribution in [1.29, 1.82) is 5.41 Å². The van der Waals surface area contributed by atoms with Crippen molar-refractivity contribution in [2.24, 2.45) is 5.73 Å². The molecule has 1 amide bonds. The van der Waals surface area contributed by atoms with Gasteiger partial charge in [-0.1, -0.05) is 73.5 Å². The zero-order valence-electron chi connectivity index (χ0n) is 18.7. The van der Waals surface area contributed by atoms with E-state index < -0.39 is 0 Å². The first-order chi connectivity index (χ1) is 15.5. The maximum absolute atomic E-state index is 13.5. The third kappa shape index (κ3) is 5.17. The first-order valence-corrected chi connectivity index (χ1v) is 11.4. The number of fused-ring (bicyclic) bond motifs is 1. The lowest BCUT2D eigenvalue weighted by Gasteiger charge is -2.29. The van der Waals surface area contributed by atoms with E-state index >= 15 is 0 Å². The molecular weight excluding hydrogens is 396 g/mol. The lowest BCUT2D eigenvalue weighted by molar-refractivity contribution is -0.134. The zero-order valence-corrected chi connectivity index (χ0v) is 18.7. The summed E-state index contributed by atoms with van der Waals surface area (Å²) in [5.41, 5.74) is 8.50. The van der Waals surface area contributed by atoms with E-state index in [2.05, 4.69) is 35.6 Å². The molecule has 0 bridgehead atoms. The van der Waals surface area contributed by atoms with E-state index in [0.29, 0.717) is 24.6 Å². The largest absolute Gasteiger partial charge is 0.384 e. The van der Waals surface area contributed by atoms with Crippen molar-refractivity contribution in [1.82, 2.24) is 10.2 Å². The number of rotatable bonds is 8. The standard InChI is InChI=1S/C27H32N4O/c1-31(24-8-4-5-9-24)27(32)25(17-19-10-14-22(15-11-19)26(28)29)30-18-20-12-13-21-6-2-3-7-23(21)16-20/h2-3,6-7,10-16,24-25,30H,4-5,8-9,17-18H2,1H3,(H3,28,29)/t25-/m0/s1. The minimum atomic E-state index is -0.310. The second kappa shape index (κ2) is 9.96. The quantitative estimate of drug-likeness (QED) is 0.371. The number of amidine groups is 1. The first kappa shape index (κ1) is 22.0. The highest BCUT2D eigenvalue weighted by Gasteiger charge is 2.28. The van der Waals surface area contributed by atoms with Gasteiger partial charge in [0.1, 0.15) is 5.84 Å². The number of hydrogen-bond donors (Lipinski definition) is 3. The number of nitrogens with zero attached hydrogens (tertiary/aromatic N) is 1. The normalized spacial score (nSPS) is 15.0. The van der Waals surface area contributed by atoms with Crippen LogP contribution in [0.25, 0.3) is 10.8 Å². The van der Waals surface area contributed by atoms with Crippen LogP contribution >= 0.6 is 0 Å². The Kier molecular flexibility index (Phi) is 6.86. The molecule has 0 aliphatic heterocycles. The number of carbonyl (C=O) groups excluding carboxylic acids is 1. The number of nitrogen functional groups attached to an aromatic ring is 1. The number of benzene rings is 3. The van der Waals surface area contributed by atoms with E-state index in [4.69, 9.17) is 11.1 Å². The average molecular weight is 429 g/mol. The third-order valence-corrected chi connectivity index (χ3v) is 6.59. The zero-order chi connectivity index (χ0) is 22.5. The van der Waals surface area contributed by atoms with Crippen molar-refractivity contribution in [3.63, 3.8) is 0 Å². The third-order valence-electron chi connectivity index (χ3n) is 6.59. The molecule has 3 aromatic carbocycles. The molecule has 0 aromatic heterocycles. The maximum Gasteiger partial charge on any atom is 0.240 e. The SMILES string of the molecule is CN(C(=O)[C@H](Cc1ccc(C(=N)N)cc1)NCc1ccc2ccccc2c1)C1CCCC1. The van der Waals surface area contributed by atoms with Gasteiger partial charge in [0, 0.05) is 25.2 Å². The van der Waals surface area contributed by atoms with Gasteiger partial charge in [-0.3, -0.25) is 10.2 Å². The Hall–Kier alpha value is -3.18. The molecule has 1 atom stereocenters. The Labute approximate surface area is 190 Å². The summed E-state index contributed by atoms with van der Waals surface area (Å²) in [6.07, 6.45) is 5.18. The van der Waals surface area contributed by atoms with Crippen LogP contribution in [0, 0.1) is 5.41 Å². The maximum atomic E-state index is 13.5. The Morgan fingerprint density at radius 1 is 1.03 bits per heavy atom. The van der Waals surface area contributed by atoms with Crippen LogP contribution in [0.3, 0.4) is 0 Å². The smallest absolute Gasteiger partial charge is 0.240 e. The number of amides is 1. The van der Waals surface area contributed by atoms with E-state index in [1.165, 1.54) is 23.6 Å². The molecule has 4 rings (SSSR count). The van der Waals surface area contributed by atoms with Crippen LogP contribution in [-0.4, -0.2) is 35.8 Å². The predicted octanol–water partition coefficient (Wildman–Crippen LogP) is 4.23. The number of nitrogens with one attached hydrogen (secondary N) is 2. The molecule has 1 fully saturated rings. The Morgan fingerprint density at radius 2 is 1.69 bits per heavy atom. The number of hydrogen-bond acceptors (Lipinski definition) is 3.